The Hall–Kier alpha value is 0.940. The van der Waals surface area contributed by atoms with Gasteiger partial charge in [-0.25, -0.2) is 0 Å². The summed E-state index contributed by atoms with van der Waals surface area (Å²) in [6.07, 6.45) is 0.584. The summed E-state index contributed by atoms with van der Waals surface area (Å²) < 4.78 is 26.2. The van der Waals surface area contributed by atoms with Crippen LogP contribution < -0.4 is 0 Å². The highest BCUT2D eigenvalue weighted by molar-refractivity contribution is 8.00. The van der Waals surface area contributed by atoms with Crippen LogP contribution in [-0.4, -0.2) is 28.9 Å². The second kappa shape index (κ2) is 5.62. The third-order valence-corrected chi connectivity index (χ3v) is 5.47. The van der Waals surface area contributed by atoms with Gasteiger partial charge in [0.05, 0.1) is 11.8 Å². The highest BCUT2D eigenvalue weighted by Crippen LogP contribution is 2.38. The Morgan fingerprint density at radius 3 is 2.83 bits per heavy atom. The summed E-state index contributed by atoms with van der Waals surface area (Å²) in [5, 5.41) is 0.203. The fraction of sp³-hybridized carbons (Fsp3) is 1.00. The van der Waals surface area contributed by atoms with Crippen molar-refractivity contribution in [1.29, 1.82) is 0 Å². The van der Waals surface area contributed by atoms with Gasteiger partial charge in [0.2, 0.25) is 0 Å². The number of hydrogen-bond donors (Lipinski definition) is 0. The zero-order valence-corrected chi connectivity index (χ0v) is 10.0. The van der Waals surface area contributed by atoms with E-state index in [-0.39, 0.29) is 33.9 Å². The van der Waals surface area contributed by atoms with E-state index in [1.807, 2.05) is 0 Å². The molecule has 0 aromatic carbocycles. The van der Waals surface area contributed by atoms with Crippen LogP contribution in [0.25, 0.3) is 0 Å². The standard InChI is InChI=1S/C5H9O3P3S/c6-10-1-4-5(11-7)3(8-9)2-12-4/h3-5H,1-2,9H2/t3-,4-,5+/m1/s1. The van der Waals surface area contributed by atoms with E-state index in [2.05, 4.69) is 9.47 Å². The van der Waals surface area contributed by atoms with Gasteiger partial charge in [-0.3, -0.25) is 9.13 Å². The first-order valence-electron chi connectivity index (χ1n) is 3.42. The summed E-state index contributed by atoms with van der Waals surface area (Å²) >= 11 is 1.68. The summed E-state index contributed by atoms with van der Waals surface area (Å²) in [6.45, 7) is 0. The summed E-state index contributed by atoms with van der Waals surface area (Å²) in [7, 11) is 2.41. The van der Waals surface area contributed by atoms with E-state index in [9.17, 15) is 9.13 Å². The molecule has 1 rings (SSSR count). The Kier molecular flexibility index (Phi) is 5.16. The maximum absolute atomic E-state index is 10.8. The van der Waals surface area contributed by atoms with Gasteiger partial charge in [-0.15, -0.1) is 0 Å². The second-order valence-corrected chi connectivity index (χ2v) is 5.43. The molecule has 68 valence electrons. The first kappa shape index (κ1) is 11.0. The number of thioether (sulfide) groups is 1. The smallest absolute Gasteiger partial charge is 0.162 e. The Morgan fingerprint density at radius 1 is 1.58 bits per heavy atom. The van der Waals surface area contributed by atoms with Crippen molar-refractivity contribution in [3.8, 4) is 0 Å². The van der Waals surface area contributed by atoms with E-state index >= 15 is 0 Å². The van der Waals surface area contributed by atoms with E-state index in [1.165, 1.54) is 0 Å². The van der Waals surface area contributed by atoms with Crippen molar-refractivity contribution in [1.82, 2.24) is 0 Å². The second-order valence-electron chi connectivity index (χ2n) is 2.45. The average Bonchev–Trinajstić information content (AvgIpc) is 2.47. The maximum atomic E-state index is 10.8. The van der Waals surface area contributed by atoms with Crippen LogP contribution in [0.5, 0.6) is 0 Å². The molecule has 1 fully saturated rings. The van der Waals surface area contributed by atoms with Gasteiger partial charge in [-0.05, 0) is 0 Å². The van der Waals surface area contributed by atoms with Crippen LogP contribution in [0.3, 0.4) is 0 Å². The SMILES string of the molecule is O=PC[C@H]1SC[C@@H](OP)[C@@H]1P=O. The summed E-state index contributed by atoms with van der Waals surface area (Å²) in [6, 6.07) is 0. The quantitative estimate of drug-likeness (QED) is 0.709. The fourth-order valence-corrected chi connectivity index (χ4v) is 5.02. The highest BCUT2D eigenvalue weighted by Gasteiger charge is 2.37. The molecule has 0 radical (unpaired) electrons. The van der Waals surface area contributed by atoms with Crippen LogP contribution in [0.15, 0.2) is 0 Å². The molecule has 0 aliphatic carbocycles. The van der Waals surface area contributed by atoms with Crippen molar-refractivity contribution in [3.63, 3.8) is 0 Å². The third kappa shape index (κ3) is 2.47. The van der Waals surface area contributed by atoms with Crippen molar-refractivity contribution in [3.05, 3.63) is 0 Å². The Labute approximate surface area is 81.1 Å². The van der Waals surface area contributed by atoms with Gasteiger partial charge in [0.1, 0.15) is 0 Å². The minimum absolute atomic E-state index is 0.00560. The molecule has 0 spiro atoms. The van der Waals surface area contributed by atoms with Gasteiger partial charge in [0, 0.05) is 26.6 Å². The first-order valence-corrected chi connectivity index (χ1v) is 6.82. The molecule has 3 nitrogen and oxygen atoms in total. The molecule has 4 atom stereocenters. The molecule has 7 heteroatoms. The molecule has 1 aliphatic rings. The van der Waals surface area contributed by atoms with Crippen LogP contribution in [0, 0.1) is 0 Å². The van der Waals surface area contributed by atoms with E-state index in [4.69, 9.17) is 4.52 Å². The van der Waals surface area contributed by atoms with Crippen molar-refractivity contribution >= 4 is 38.1 Å². The Morgan fingerprint density at radius 2 is 2.33 bits per heavy atom. The van der Waals surface area contributed by atoms with E-state index in [0.29, 0.717) is 6.16 Å². The minimum Gasteiger partial charge on any atom is -0.360 e. The molecule has 0 aromatic heterocycles. The van der Waals surface area contributed by atoms with Crippen LogP contribution in [0.1, 0.15) is 0 Å². The van der Waals surface area contributed by atoms with E-state index in [0.717, 1.165) is 5.75 Å². The molecular formula is C5H9O3P3S. The molecule has 0 amide bonds. The zero-order valence-electron chi connectivity index (χ0n) is 6.25. The zero-order chi connectivity index (χ0) is 8.97. The monoisotopic (exact) mass is 242 g/mol. The van der Waals surface area contributed by atoms with Crippen LogP contribution in [-0.2, 0) is 13.7 Å². The normalized spacial score (nSPS) is 36.2. The molecule has 1 aliphatic heterocycles. The summed E-state index contributed by atoms with van der Waals surface area (Å²) in [5.74, 6) is 0.837. The topological polar surface area (TPSA) is 43.4 Å². The maximum Gasteiger partial charge on any atom is 0.162 e. The van der Waals surface area contributed by atoms with E-state index < -0.39 is 0 Å². The van der Waals surface area contributed by atoms with Gasteiger partial charge in [-0.2, -0.15) is 11.8 Å². The molecule has 1 heterocycles. The lowest BCUT2D eigenvalue weighted by molar-refractivity contribution is 0.268. The van der Waals surface area contributed by atoms with Crippen LogP contribution >= 0.6 is 38.1 Å². The van der Waals surface area contributed by atoms with Crippen molar-refractivity contribution < 1.29 is 13.7 Å². The third-order valence-electron chi connectivity index (χ3n) is 1.79. The van der Waals surface area contributed by atoms with Gasteiger partial charge in [-0.1, -0.05) is 0 Å². The van der Waals surface area contributed by atoms with Crippen molar-refractivity contribution in [2.45, 2.75) is 17.0 Å². The highest BCUT2D eigenvalue weighted by atomic mass is 32.2. The molecule has 0 bridgehead atoms. The van der Waals surface area contributed by atoms with Crippen LogP contribution in [0.2, 0.25) is 0 Å². The molecule has 1 unspecified atom stereocenters. The predicted octanol–water partition coefficient (Wildman–Crippen LogP) is 2.23. The molecule has 12 heavy (non-hydrogen) atoms. The van der Waals surface area contributed by atoms with Gasteiger partial charge < -0.3 is 4.52 Å². The molecule has 0 aromatic rings. The van der Waals surface area contributed by atoms with Gasteiger partial charge >= 0.3 is 0 Å². The molecule has 1 saturated heterocycles. The van der Waals surface area contributed by atoms with Crippen LogP contribution in [0.4, 0.5) is 0 Å². The minimum atomic E-state index is -0.00560. The lowest BCUT2D eigenvalue weighted by atomic mass is 10.2. The first-order chi connectivity index (χ1) is 5.83. The van der Waals surface area contributed by atoms with Crippen molar-refractivity contribution in [2.24, 2.45) is 0 Å². The van der Waals surface area contributed by atoms with Crippen molar-refractivity contribution in [2.75, 3.05) is 11.9 Å². The van der Waals surface area contributed by atoms with E-state index in [1.54, 1.807) is 11.8 Å². The number of rotatable bonds is 4. The molecule has 0 N–H and O–H groups in total. The van der Waals surface area contributed by atoms with Gasteiger partial charge in [0.15, 0.2) is 16.9 Å². The summed E-state index contributed by atoms with van der Waals surface area (Å²) in [5.41, 5.74) is -0.00560. The number of hydrogen-bond acceptors (Lipinski definition) is 4. The van der Waals surface area contributed by atoms with Gasteiger partial charge in [0.25, 0.3) is 0 Å². The largest absolute Gasteiger partial charge is 0.360 e. The fourth-order valence-electron chi connectivity index (χ4n) is 1.14. The lowest BCUT2D eigenvalue weighted by Gasteiger charge is -2.12. The predicted molar refractivity (Wildman–Crippen MR) is 54.7 cm³/mol. The average molecular weight is 242 g/mol. The lowest BCUT2D eigenvalue weighted by Crippen LogP contribution is -2.25. The summed E-state index contributed by atoms with van der Waals surface area (Å²) in [4.78, 5) is 0. The Bertz CT molecular complexity index is 179. The Balaban J connectivity index is 2.55. The molecular weight excluding hydrogens is 233 g/mol. The molecule has 0 saturated carbocycles.